The van der Waals surface area contributed by atoms with E-state index in [-0.39, 0.29) is 0 Å². The van der Waals surface area contributed by atoms with E-state index >= 15 is 0 Å². The van der Waals surface area contributed by atoms with E-state index < -0.39 is 0 Å². The van der Waals surface area contributed by atoms with E-state index in [1.807, 2.05) is 41.1 Å². The minimum absolute atomic E-state index is 0.807. The molecule has 0 bridgehead atoms. The Kier molecular flexibility index (Phi) is 4.60. The molecule has 0 aliphatic heterocycles. The van der Waals surface area contributed by atoms with Crippen LogP contribution in [0.15, 0.2) is 68.6 Å². The Morgan fingerprint density at radius 3 is 2.73 bits per heavy atom. The molecule has 3 rings (SSSR count). The van der Waals surface area contributed by atoms with Gasteiger partial charge in [-0.2, -0.15) is 5.10 Å². The largest absolute Gasteiger partial charge is 0.261 e. The number of benzene rings is 1. The first-order valence-electron chi connectivity index (χ1n) is 6.63. The lowest BCUT2D eigenvalue weighted by Crippen LogP contribution is -2.11. The van der Waals surface area contributed by atoms with Crippen LogP contribution < -0.4 is 4.80 Å². The van der Waals surface area contributed by atoms with Crippen molar-refractivity contribution in [3.05, 3.63) is 69.0 Å². The van der Waals surface area contributed by atoms with Crippen LogP contribution in [0.3, 0.4) is 0 Å². The minimum Gasteiger partial charge on any atom is -0.261 e. The molecule has 22 heavy (non-hydrogen) atoms. The number of pyridine rings is 1. The Balaban J connectivity index is 2.10. The number of hydrogen-bond donors (Lipinski definition) is 0. The third-order valence-corrected chi connectivity index (χ3v) is 4.62. The fourth-order valence-electron chi connectivity index (χ4n) is 1.99. The highest BCUT2D eigenvalue weighted by atomic mass is 79.9. The summed E-state index contributed by atoms with van der Waals surface area (Å²) in [6.07, 6.45) is 3.49. The molecule has 0 radical (unpaired) electrons. The van der Waals surface area contributed by atoms with Gasteiger partial charge in [0.15, 0.2) is 0 Å². The van der Waals surface area contributed by atoms with Gasteiger partial charge in [0, 0.05) is 28.7 Å². The smallest absolute Gasteiger partial charge is 0.205 e. The molecule has 0 fully saturated rings. The van der Waals surface area contributed by atoms with Crippen LogP contribution in [-0.4, -0.2) is 22.9 Å². The van der Waals surface area contributed by atoms with Crippen molar-refractivity contribution in [1.82, 2.24) is 9.66 Å². The third kappa shape index (κ3) is 3.08. The molecule has 6 heteroatoms. The van der Waals surface area contributed by atoms with Crippen LogP contribution in [0.1, 0.15) is 5.69 Å². The van der Waals surface area contributed by atoms with Crippen molar-refractivity contribution < 1.29 is 0 Å². The van der Waals surface area contributed by atoms with Crippen molar-refractivity contribution in [2.45, 2.75) is 0 Å². The zero-order valence-electron chi connectivity index (χ0n) is 11.8. The van der Waals surface area contributed by atoms with E-state index in [9.17, 15) is 0 Å². The maximum absolute atomic E-state index is 4.55. The lowest BCUT2D eigenvalue weighted by atomic mass is 10.2. The van der Waals surface area contributed by atoms with Crippen LogP contribution in [0.4, 0.5) is 0 Å². The second-order valence-electron chi connectivity index (χ2n) is 4.42. The van der Waals surface area contributed by atoms with Crippen molar-refractivity contribution in [2.75, 3.05) is 7.05 Å². The van der Waals surface area contributed by atoms with Gasteiger partial charge in [-0.15, -0.1) is 11.3 Å². The summed E-state index contributed by atoms with van der Waals surface area (Å²) in [5, 5.41) is 6.60. The predicted molar refractivity (Wildman–Crippen MR) is 94.2 cm³/mol. The van der Waals surface area contributed by atoms with E-state index in [0.717, 1.165) is 26.2 Å². The molecule has 2 aromatic heterocycles. The van der Waals surface area contributed by atoms with Crippen LogP contribution >= 0.6 is 27.3 Å². The first-order chi connectivity index (χ1) is 10.8. The van der Waals surface area contributed by atoms with Gasteiger partial charge >= 0.3 is 0 Å². The molecule has 0 saturated heterocycles. The van der Waals surface area contributed by atoms with E-state index in [1.165, 1.54) is 0 Å². The van der Waals surface area contributed by atoms with Crippen LogP contribution in [0.25, 0.3) is 11.3 Å². The zero-order valence-corrected chi connectivity index (χ0v) is 14.3. The summed E-state index contributed by atoms with van der Waals surface area (Å²) in [6.45, 7) is 0. The maximum atomic E-state index is 4.55. The molecule has 3 aromatic rings. The average Bonchev–Trinajstić information content (AvgIpc) is 2.97. The van der Waals surface area contributed by atoms with E-state index in [1.54, 1.807) is 30.8 Å². The molecular formula is C16H13BrN4S. The van der Waals surface area contributed by atoms with Crippen LogP contribution in [0.5, 0.6) is 0 Å². The molecule has 0 aliphatic carbocycles. The van der Waals surface area contributed by atoms with E-state index in [2.05, 4.69) is 42.5 Å². The fourth-order valence-corrected chi connectivity index (χ4v) is 3.27. The Bertz CT molecular complexity index is 865. The van der Waals surface area contributed by atoms with E-state index in [0.29, 0.717) is 0 Å². The second kappa shape index (κ2) is 6.81. The van der Waals surface area contributed by atoms with Gasteiger partial charge in [-0.05, 0) is 18.2 Å². The van der Waals surface area contributed by atoms with Gasteiger partial charge in [0.2, 0.25) is 4.80 Å². The highest BCUT2D eigenvalue weighted by Gasteiger charge is 2.09. The summed E-state index contributed by atoms with van der Waals surface area (Å²) >= 11 is 5.15. The molecule has 0 amide bonds. The second-order valence-corrected chi connectivity index (χ2v) is 6.11. The number of hydrogen-bond acceptors (Lipinski definition) is 4. The lowest BCUT2D eigenvalue weighted by molar-refractivity contribution is 0.847. The first kappa shape index (κ1) is 14.9. The maximum Gasteiger partial charge on any atom is 0.205 e. The summed E-state index contributed by atoms with van der Waals surface area (Å²) in [5.41, 5.74) is 2.87. The number of rotatable bonds is 3. The van der Waals surface area contributed by atoms with Gasteiger partial charge in [-0.1, -0.05) is 40.2 Å². The molecule has 0 saturated carbocycles. The molecule has 2 heterocycles. The monoisotopic (exact) mass is 372 g/mol. The molecule has 1 aromatic carbocycles. The lowest BCUT2D eigenvalue weighted by Gasteiger charge is -2.05. The van der Waals surface area contributed by atoms with Crippen molar-refractivity contribution in [2.24, 2.45) is 10.1 Å². The Hall–Kier alpha value is -2.05. The summed E-state index contributed by atoms with van der Waals surface area (Å²) in [5.74, 6) is 0. The molecule has 0 atom stereocenters. The van der Waals surface area contributed by atoms with Crippen molar-refractivity contribution in [1.29, 1.82) is 0 Å². The van der Waals surface area contributed by atoms with Gasteiger partial charge < -0.3 is 0 Å². The van der Waals surface area contributed by atoms with E-state index in [4.69, 9.17) is 0 Å². The zero-order chi connectivity index (χ0) is 15.4. The molecule has 0 aliphatic rings. The number of aromatic nitrogens is 2. The first-order valence-corrected chi connectivity index (χ1v) is 8.30. The normalized spacial score (nSPS) is 12.2. The summed E-state index contributed by atoms with van der Waals surface area (Å²) in [4.78, 5) is 9.38. The van der Waals surface area contributed by atoms with Gasteiger partial charge in [0.1, 0.15) is 0 Å². The Morgan fingerprint density at radius 2 is 2.00 bits per heavy atom. The summed E-state index contributed by atoms with van der Waals surface area (Å²) in [6, 6.07) is 13.8. The number of nitrogens with zero attached hydrogens (tertiary/aromatic N) is 4. The van der Waals surface area contributed by atoms with Gasteiger partial charge in [0.05, 0.1) is 17.6 Å². The third-order valence-electron chi connectivity index (χ3n) is 3.02. The van der Waals surface area contributed by atoms with Crippen molar-refractivity contribution in [3.63, 3.8) is 0 Å². The number of halogens is 1. The number of thiazole rings is 1. The SMILES string of the molecule is CN=c1scc(-c2ccccc2Br)n1/N=C\c1ccccn1. The average molecular weight is 373 g/mol. The quantitative estimate of drug-likeness (QED) is 0.645. The van der Waals surface area contributed by atoms with Gasteiger partial charge in [0.25, 0.3) is 0 Å². The molecular weight excluding hydrogens is 360 g/mol. The highest BCUT2D eigenvalue weighted by Crippen LogP contribution is 2.28. The van der Waals surface area contributed by atoms with Crippen LogP contribution in [-0.2, 0) is 0 Å². The summed E-state index contributed by atoms with van der Waals surface area (Å²) < 4.78 is 2.86. The molecule has 0 N–H and O–H groups in total. The van der Waals surface area contributed by atoms with Crippen molar-refractivity contribution in [3.8, 4) is 11.3 Å². The minimum atomic E-state index is 0.807. The Morgan fingerprint density at radius 1 is 1.18 bits per heavy atom. The van der Waals surface area contributed by atoms with Gasteiger partial charge in [-0.25, -0.2) is 4.68 Å². The molecule has 4 nitrogen and oxygen atoms in total. The summed E-state index contributed by atoms with van der Waals surface area (Å²) in [7, 11) is 1.77. The fraction of sp³-hybridized carbons (Fsp3) is 0.0625. The highest BCUT2D eigenvalue weighted by molar-refractivity contribution is 9.10. The standard InChI is InChI=1S/C16H13BrN4S/c1-18-16-21(20-10-12-6-4-5-9-19-12)15(11-22-16)13-7-2-3-8-14(13)17/h2-11H,1H3/b18-16?,20-10-. The molecule has 0 unspecified atom stereocenters. The van der Waals surface area contributed by atoms with Crippen molar-refractivity contribution >= 4 is 33.5 Å². The van der Waals surface area contributed by atoms with Gasteiger partial charge in [-0.3, -0.25) is 9.98 Å². The van der Waals surface area contributed by atoms with Crippen LogP contribution in [0, 0.1) is 0 Å². The molecule has 110 valence electrons. The Labute approximate surface area is 140 Å². The predicted octanol–water partition coefficient (Wildman–Crippen LogP) is 3.79. The molecule has 0 spiro atoms. The topological polar surface area (TPSA) is 42.5 Å². The van der Waals surface area contributed by atoms with Crippen LogP contribution in [0.2, 0.25) is 0 Å².